The van der Waals surface area contributed by atoms with Crippen LogP contribution in [0.3, 0.4) is 0 Å². The van der Waals surface area contributed by atoms with Gasteiger partial charge in [-0.05, 0) is 30.5 Å². The molecule has 120 valence electrons. The van der Waals surface area contributed by atoms with Gasteiger partial charge in [-0.3, -0.25) is 9.36 Å². The predicted octanol–water partition coefficient (Wildman–Crippen LogP) is 3.42. The predicted molar refractivity (Wildman–Crippen MR) is 96.1 cm³/mol. The van der Waals surface area contributed by atoms with E-state index in [2.05, 4.69) is 0 Å². The smallest absolute Gasteiger partial charge is 0.267 e. The molecule has 0 saturated heterocycles. The van der Waals surface area contributed by atoms with Gasteiger partial charge in [0.2, 0.25) is 0 Å². The van der Waals surface area contributed by atoms with Crippen molar-refractivity contribution in [3.05, 3.63) is 56.9 Å². The third kappa shape index (κ3) is 4.28. The van der Waals surface area contributed by atoms with Gasteiger partial charge in [-0.15, -0.1) is 11.8 Å². The summed E-state index contributed by atoms with van der Waals surface area (Å²) >= 11 is 18.9. The number of hydrogen-bond donors (Lipinski definition) is 0. The second kappa shape index (κ2) is 7.24. The van der Waals surface area contributed by atoms with E-state index in [1.54, 1.807) is 30.0 Å². The standard InChI is InChI=1S/C13H8Cl3N3O2S2/c1-22-10-4-2-9(3-5-10)18-7-8(6-17)11(20)19(12(18)21)23-13(14,15)16/h2-5,7H,1H3. The van der Waals surface area contributed by atoms with E-state index >= 15 is 0 Å². The quantitative estimate of drug-likeness (QED) is 0.575. The third-order valence-corrected chi connectivity index (χ3v) is 4.79. The molecular weight excluding hydrogens is 401 g/mol. The Labute approximate surface area is 154 Å². The molecule has 10 heteroatoms. The van der Waals surface area contributed by atoms with E-state index in [0.717, 1.165) is 9.46 Å². The fourth-order valence-corrected chi connectivity index (χ4v) is 3.31. The number of benzene rings is 1. The van der Waals surface area contributed by atoms with Crippen LogP contribution in [0.1, 0.15) is 5.56 Å². The first-order chi connectivity index (χ1) is 10.8. The maximum atomic E-state index is 12.5. The number of halogens is 3. The summed E-state index contributed by atoms with van der Waals surface area (Å²) in [5, 5.41) is 9.10. The monoisotopic (exact) mass is 407 g/mol. The van der Waals surface area contributed by atoms with Gasteiger partial charge in [0.1, 0.15) is 11.6 Å². The zero-order valence-corrected chi connectivity index (χ0v) is 15.4. The minimum absolute atomic E-state index is 0.236. The molecule has 0 atom stereocenters. The van der Waals surface area contributed by atoms with Crippen molar-refractivity contribution in [3.63, 3.8) is 0 Å². The van der Waals surface area contributed by atoms with Gasteiger partial charge in [0, 0.05) is 23.0 Å². The van der Waals surface area contributed by atoms with E-state index < -0.39 is 14.4 Å². The minimum Gasteiger partial charge on any atom is -0.267 e. The molecule has 1 heterocycles. The summed E-state index contributed by atoms with van der Waals surface area (Å²) in [6.45, 7) is 0. The molecule has 2 rings (SSSR count). The third-order valence-electron chi connectivity index (χ3n) is 2.72. The molecule has 0 amide bonds. The average molecular weight is 409 g/mol. The molecule has 1 aromatic carbocycles. The Morgan fingerprint density at radius 1 is 1.17 bits per heavy atom. The molecule has 23 heavy (non-hydrogen) atoms. The lowest BCUT2D eigenvalue weighted by Crippen LogP contribution is -2.38. The van der Waals surface area contributed by atoms with Gasteiger partial charge in [-0.25, -0.2) is 4.79 Å². The fraction of sp³-hybridized carbons (Fsp3) is 0.154. The van der Waals surface area contributed by atoms with Gasteiger partial charge >= 0.3 is 5.69 Å². The van der Waals surface area contributed by atoms with Crippen molar-refractivity contribution in [3.8, 4) is 11.8 Å². The zero-order valence-electron chi connectivity index (χ0n) is 11.5. The van der Waals surface area contributed by atoms with E-state index in [4.69, 9.17) is 40.1 Å². The Hall–Kier alpha value is -1.04. The molecule has 0 bridgehead atoms. The summed E-state index contributed by atoms with van der Waals surface area (Å²) in [6, 6.07) is 8.77. The van der Waals surface area contributed by atoms with Crippen LogP contribution in [0, 0.1) is 11.3 Å². The van der Waals surface area contributed by atoms with Crippen LogP contribution in [0.5, 0.6) is 0 Å². The Bertz CT molecular complexity index is 880. The molecule has 0 fully saturated rings. The molecule has 5 nitrogen and oxygen atoms in total. The normalized spacial score (nSPS) is 11.3. The number of nitrogens with zero attached hydrogens (tertiary/aromatic N) is 3. The maximum Gasteiger partial charge on any atom is 0.346 e. The molecule has 0 aliphatic heterocycles. The van der Waals surface area contributed by atoms with Crippen molar-refractivity contribution >= 4 is 58.5 Å². The number of alkyl halides is 3. The van der Waals surface area contributed by atoms with Crippen LogP contribution in [-0.2, 0) is 0 Å². The molecule has 2 aromatic rings. The molecule has 0 saturated carbocycles. The van der Waals surface area contributed by atoms with Crippen LogP contribution in [-0.4, -0.2) is 17.9 Å². The molecule has 0 unspecified atom stereocenters. The number of rotatable bonds is 3. The first-order valence-electron chi connectivity index (χ1n) is 5.96. The lowest BCUT2D eigenvalue weighted by molar-refractivity contribution is 0.857. The highest BCUT2D eigenvalue weighted by Crippen LogP contribution is 2.38. The minimum atomic E-state index is -1.92. The number of thioether (sulfide) groups is 1. The van der Waals surface area contributed by atoms with Crippen LogP contribution in [0.2, 0.25) is 0 Å². The van der Waals surface area contributed by atoms with Gasteiger partial charge < -0.3 is 0 Å². The van der Waals surface area contributed by atoms with Crippen LogP contribution < -0.4 is 11.2 Å². The van der Waals surface area contributed by atoms with E-state index in [1.807, 2.05) is 18.4 Å². The molecular formula is C13H8Cl3N3O2S2. The van der Waals surface area contributed by atoms with Crippen LogP contribution in [0.4, 0.5) is 0 Å². The second-order valence-electron chi connectivity index (χ2n) is 4.14. The maximum absolute atomic E-state index is 12.5. The van der Waals surface area contributed by atoms with Crippen LogP contribution >= 0.6 is 58.5 Å². The van der Waals surface area contributed by atoms with Crippen molar-refractivity contribution in [1.82, 2.24) is 8.54 Å². The van der Waals surface area contributed by atoms with Crippen molar-refractivity contribution in [2.24, 2.45) is 0 Å². The van der Waals surface area contributed by atoms with E-state index in [-0.39, 0.29) is 5.56 Å². The summed E-state index contributed by atoms with van der Waals surface area (Å²) < 4.78 is -0.0981. The van der Waals surface area contributed by atoms with Crippen molar-refractivity contribution in [2.75, 3.05) is 6.26 Å². The summed E-state index contributed by atoms with van der Waals surface area (Å²) in [5.41, 5.74) is -1.30. The number of hydrogen-bond acceptors (Lipinski definition) is 5. The Balaban J connectivity index is 2.69. The second-order valence-corrected chi connectivity index (χ2v) is 9.14. The van der Waals surface area contributed by atoms with Gasteiger partial charge in [0.15, 0.2) is 0 Å². The van der Waals surface area contributed by atoms with Gasteiger partial charge in [-0.2, -0.15) is 9.23 Å². The Morgan fingerprint density at radius 2 is 1.78 bits per heavy atom. The molecule has 0 aliphatic rings. The first kappa shape index (κ1) is 18.3. The lowest BCUT2D eigenvalue weighted by atomic mass is 10.3. The number of nitriles is 1. The topological polar surface area (TPSA) is 67.8 Å². The first-order valence-corrected chi connectivity index (χ1v) is 9.09. The van der Waals surface area contributed by atoms with Crippen molar-refractivity contribution in [1.29, 1.82) is 5.26 Å². The summed E-state index contributed by atoms with van der Waals surface area (Å²) in [7, 11) is 0. The SMILES string of the molecule is CSc1ccc(-n2cc(C#N)c(=O)n(SC(Cl)(Cl)Cl)c2=O)cc1. The van der Waals surface area contributed by atoms with E-state index in [1.165, 1.54) is 6.20 Å². The van der Waals surface area contributed by atoms with Crippen molar-refractivity contribution in [2.45, 2.75) is 8.02 Å². The van der Waals surface area contributed by atoms with E-state index in [0.29, 0.717) is 21.6 Å². The highest BCUT2D eigenvalue weighted by atomic mass is 35.6. The van der Waals surface area contributed by atoms with Gasteiger partial charge in [0.05, 0.1) is 5.69 Å². The van der Waals surface area contributed by atoms with Crippen molar-refractivity contribution < 1.29 is 0 Å². The molecule has 0 spiro atoms. The highest BCUT2D eigenvalue weighted by molar-refractivity contribution is 8.03. The molecule has 0 radical (unpaired) electrons. The Kier molecular flexibility index (Phi) is 5.76. The highest BCUT2D eigenvalue weighted by Gasteiger charge is 2.26. The molecule has 1 aromatic heterocycles. The number of aromatic nitrogens is 2. The fourth-order valence-electron chi connectivity index (χ4n) is 1.72. The average Bonchev–Trinajstić information content (AvgIpc) is 2.51. The lowest BCUT2D eigenvalue weighted by Gasteiger charge is -2.14. The molecule has 0 aliphatic carbocycles. The van der Waals surface area contributed by atoms with Gasteiger partial charge in [-0.1, -0.05) is 34.8 Å². The van der Waals surface area contributed by atoms with E-state index in [9.17, 15) is 9.59 Å². The zero-order chi connectivity index (χ0) is 17.2. The summed E-state index contributed by atoms with van der Waals surface area (Å²) in [4.78, 5) is 25.6. The van der Waals surface area contributed by atoms with Crippen LogP contribution in [0.15, 0.2) is 44.9 Å². The summed E-state index contributed by atoms with van der Waals surface area (Å²) in [6.07, 6.45) is 3.10. The molecule has 0 N–H and O–H groups in total. The summed E-state index contributed by atoms with van der Waals surface area (Å²) in [5.74, 6) is 0. The van der Waals surface area contributed by atoms with Crippen LogP contribution in [0.25, 0.3) is 5.69 Å². The Morgan fingerprint density at radius 3 is 2.26 bits per heavy atom. The largest absolute Gasteiger partial charge is 0.346 e. The van der Waals surface area contributed by atoms with Gasteiger partial charge in [0.25, 0.3) is 8.68 Å².